The molecule has 3 rings (SSSR count). The van der Waals surface area contributed by atoms with Gasteiger partial charge in [0.1, 0.15) is 18.9 Å². The maximum atomic E-state index is 12.6. The Bertz CT molecular complexity index is 780. The van der Waals surface area contributed by atoms with Crippen LogP contribution in [0.3, 0.4) is 0 Å². The molecular weight excluding hydrogens is 376 g/mol. The van der Waals surface area contributed by atoms with E-state index >= 15 is 0 Å². The number of rotatable bonds is 6. The van der Waals surface area contributed by atoms with Crippen LogP contribution in [0.5, 0.6) is 5.75 Å². The quantitative estimate of drug-likeness (QED) is 0.538. The molecule has 7 heteroatoms. The number of benzene rings is 1. The van der Waals surface area contributed by atoms with E-state index in [2.05, 4.69) is 6.58 Å². The van der Waals surface area contributed by atoms with Gasteiger partial charge in [-0.3, -0.25) is 19.3 Å². The SMILES string of the molecule is C=CCOc1ccc(C=C2SC(=O)N(CC(=O)N3CCCCCC3)C2=O)cc1. The molecule has 2 saturated heterocycles. The zero-order valence-electron chi connectivity index (χ0n) is 15.8. The van der Waals surface area contributed by atoms with E-state index in [0.717, 1.165) is 47.9 Å². The van der Waals surface area contributed by atoms with E-state index in [0.29, 0.717) is 30.4 Å². The molecule has 2 fully saturated rings. The average molecular weight is 401 g/mol. The van der Waals surface area contributed by atoms with E-state index in [1.807, 2.05) is 12.1 Å². The van der Waals surface area contributed by atoms with Crippen LogP contribution in [0.1, 0.15) is 31.2 Å². The number of likely N-dealkylation sites (tertiary alicyclic amines) is 1. The summed E-state index contributed by atoms with van der Waals surface area (Å²) in [6, 6.07) is 7.22. The Hall–Kier alpha value is -2.54. The van der Waals surface area contributed by atoms with E-state index in [1.165, 1.54) is 0 Å². The minimum Gasteiger partial charge on any atom is -0.490 e. The Kier molecular flexibility index (Phi) is 6.92. The molecule has 28 heavy (non-hydrogen) atoms. The van der Waals surface area contributed by atoms with Crippen molar-refractivity contribution in [3.05, 3.63) is 47.4 Å². The van der Waals surface area contributed by atoms with Gasteiger partial charge in [0.05, 0.1) is 4.91 Å². The Labute approximate surface area is 169 Å². The predicted octanol–water partition coefficient (Wildman–Crippen LogP) is 3.69. The van der Waals surface area contributed by atoms with E-state index in [1.54, 1.807) is 29.2 Å². The van der Waals surface area contributed by atoms with Crippen molar-refractivity contribution < 1.29 is 19.1 Å². The lowest BCUT2D eigenvalue weighted by molar-refractivity contribution is -0.135. The number of hydrogen-bond acceptors (Lipinski definition) is 5. The molecule has 0 radical (unpaired) electrons. The smallest absolute Gasteiger partial charge is 0.294 e. The summed E-state index contributed by atoms with van der Waals surface area (Å²) in [5, 5.41) is -0.398. The van der Waals surface area contributed by atoms with Gasteiger partial charge < -0.3 is 9.64 Å². The maximum absolute atomic E-state index is 12.6. The molecular formula is C21H24N2O4S. The van der Waals surface area contributed by atoms with Crippen LogP contribution < -0.4 is 4.74 Å². The van der Waals surface area contributed by atoms with Gasteiger partial charge in [0, 0.05) is 13.1 Å². The number of nitrogens with zero attached hydrogens (tertiary/aromatic N) is 2. The molecule has 0 N–H and O–H groups in total. The first-order valence-electron chi connectivity index (χ1n) is 9.45. The fourth-order valence-electron chi connectivity index (χ4n) is 3.16. The second kappa shape index (κ2) is 9.59. The van der Waals surface area contributed by atoms with E-state index in [4.69, 9.17) is 4.74 Å². The molecule has 3 amide bonds. The first-order chi connectivity index (χ1) is 13.6. The van der Waals surface area contributed by atoms with Crippen LogP contribution in [0.15, 0.2) is 41.8 Å². The van der Waals surface area contributed by atoms with E-state index in [9.17, 15) is 14.4 Å². The lowest BCUT2D eigenvalue weighted by atomic mass is 10.2. The summed E-state index contributed by atoms with van der Waals surface area (Å²) in [4.78, 5) is 40.6. The zero-order chi connectivity index (χ0) is 19.9. The van der Waals surface area contributed by atoms with Gasteiger partial charge in [-0.05, 0) is 48.4 Å². The van der Waals surface area contributed by atoms with Gasteiger partial charge in [-0.1, -0.05) is 37.6 Å². The van der Waals surface area contributed by atoms with Crippen LogP contribution in [0, 0.1) is 0 Å². The molecule has 2 heterocycles. The van der Waals surface area contributed by atoms with Gasteiger partial charge in [-0.25, -0.2) is 0 Å². The Morgan fingerprint density at radius 1 is 1.11 bits per heavy atom. The van der Waals surface area contributed by atoms with Crippen LogP contribution in [-0.2, 0) is 9.59 Å². The number of hydrogen-bond donors (Lipinski definition) is 0. The molecule has 0 atom stereocenters. The summed E-state index contributed by atoms with van der Waals surface area (Å²) in [5.41, 5.74) is 0.787. The van der Waals surface area contributed by atoms with E-state index < -0.39 is 11.1 Å². The van der Waals surface area contributed by atoms with Crippen molar-refractivity contribution in [2.75, 3.05) is 26.2 Å². The lowest BCUT2D eigenvalue weighted by Gasteiger charge is -2.22. The third kappa shape index (κ3) is 5.04. The first kappa shape index (κ1) is 20.2. The van der Waals surface area contributed by atoms with Crippen molar-refractivity contribution in [2.24, 2.45) is 0 Å². The summed E-state index contributed by atoms with van der Waals surface area (Å²) in [6.07, 6.45) is 7.51. The molecule has 0 saturated carbocycles. The fraction of sp³-hybridized carbons (Fsp3) is 0.381. The Balaban J connectivity index is 1.64. The number of carbonyl (C=O) groups is 3. The van der Waals surface area contributed by atoms with Crippen molar-refractivity contribution in [1.82, 2.24) is 9.80 Å². The van der Waals surface area contributed by atoms with Crippen molar-refractivity contribution in [2.45, 2.75) is 25.7 Å². The Morgan fingerprint density at radius 3 is 2.43 bits per heavy atom. The first-order valence-corrected chi connectivity index (χ1v) is 10.3. The number of amides is 3. The van der Waals surface area contributed by atoms with Gasteiger partial charge in [0.15, 0.2) is 0 Å². The predicted molar refractivity (Wildman–Crippen MR) is 110 cm³/mol. The van der Waals surface area contributed by atoms with Crippen molar-refractivity contribution in [1.29, 1.82) is 0 Å². The second-order valence-electron chi connectivity index (χ2n) is 6.73. The van der Waals surface area contributed by atoms with Gasteiger partial charge >= 0.3 is 0 Å². The van der Waals surface area contributed by atoms with Gasteiger partial charge in [0.2, 0.25) is 5.91 Å². The molecule has 0 spiro atoms. The van der Waals surface area contributed by atoms with Gasteiger partial charge in [-0.2, -0.15) is 0 Å². The van der Waals surface area contributed by atoms with Gasteiger partial charge in [0.25, 0.3) is 11.1 Å². The molecule has 2 aliphatic rings. The highest BCUT2D eigenvalue weighted by molar-refractivity contribution is 8.18. The number of imide groups is 1. The maximum Gasteiger partial charge on any atom is 0.294 e. The number of ether oxygens (including phenoxy) is 1. The zero-order valence-corrected chi connectivity index (χ0v) is 16.6. The summed E-state index contributed by atoms with van der Waals surface area (Å²) in [6.45, 7) is 5.24. The number of thioether (sulfide) groups is 1. The average Bonchev–Trinajstić information content (AvgIpc) is 2.90. The number of carbonyl (C=O) groups excluding carboxylic acids is 3. The third-order valence-electron chi connectivity index (χ3n) is 4.67. The van der Waals surface area contributed by atoms with E-state index in [-0.39, 0.29) is 12.5 Å². The highest BCUT2D eigenvalue weighted by Gasteiger charge is 2.37. The molecule has 0 bridgehead atoms. The van der Waals surface area contributed by atoms with Gasteiger partial charge in [-0.15, -0.1) is 0 Å². The second-order valence-corrected chi connectivity index (χ2v) is 7.72. The standard InChI is InChI=1S/C21H24N2O4S/c1-2-13-27-17-9-7-16(8-10-17)14-18-20(25)23(21(26)28-18)15-19(24)22-11-5-3-4-6-12-22/h2,7-10,14H,1,3-6,11-13,15H2. The molecule has 0 aromatic heterocycles. The van der Waals surface area contributed by atoms with Crippen molar-refractivity contribution in [3.8, 4) is 5.75 Å². The van der Waals surface area contributed by atoms with Crippen LogP contribution in [0.2, 0.25) is 0 Å². The molecule has 1 aromatic rings. The monoisotopic (exact) mass is 400 g/mol. The lowest BCUT2D eigenvalue weighted by Crippen LogP contribution is -2.42. The minimum atomic E-state index is -0.412. The highest BCUT2D eigenvalue weighted by Crippen LogP contribution is 2.32. The molecule has 0 aliphatic carbocycles. The topological polar surface area (TPSA) is 66.9 Å². The molecule has 0 unspecified atom stereocenters. The van der Waals surface area contributed by atoms with Crippen LogP contribution in [0.4, 0.5) is 4.79 Å². The normalized spacial score (nSPS) is 19.1. The van der Waals surface area contributed by atoms with Crippen molar-refractivity contribution >= 4 is 34.9 Å². The van der Waals surface area contributed by atoms with Crippen molar-refractivity contribution in [3.63, 3.8) is 0 Å². The van der Waals surface area contributed by atoms with Crippen LogP contribution >= 0.6 is 11.8 Å². The van der Waals surface area contributed by atoms with Crippen LogP contribution in [0.25, 0.3) is 6.08 Å². The molecule has 6 nitrogen and oxygen atoms in total. The highest BCUT2D eigenvalue weighted by atomic mass is 32.2. The summed E-state index contributed by atoms with van der Waals surface area (Å²) < 4.78 is 5.43. The molecule has 1 aromatic carbocycles. The molecule has 2 aliphatic heterocycles. The summed E-state index contributed by atoms with van der Waals surface area (Å²) in [5.74, 6) is 0.132. The van der Waals surface area contributed by atoms with Crippen LogP contribution in [-0.4, -0.2) is 53.1 Å². The summed E-state index contributed by atoms with van der Waals surface area (Å²) in [7, 11) is 0. The fourth-order valence-corrected chi connectivity index (χ4v) is 4.00. The molecule has 148 valence electrons. The third-order valence-corrected chi connectivity index (χ3v) is 5.58. The summed E-state index contributed by atoms with van der Waals surface area (Å²) >= 11 is 0.871. The largest absolute Gasteiger partial charge is 0.490 e. The Morgan fingerprint density at radius 2 is 1.79 bits per heavy atom. The minimum absolute atomic E-state index is 0.158.